The standard InChI is InChI=1S/C27H21B3Cl2N10O3/c1-38-11-15-8-17(3-4-19(15)36-38)33-26(45)22(10-18-6-7-42(35-18)27(28,29)30)40-14-24(43)39(13-25(40)44)21-9-16(31)2-5-20(21)41-12-23(32)34-37-41/h2-9,11-12,22H,10,13-14H2,1H3,(H,33,45). The number of rotatable bonds is 8. The zero-order valence-corrected chi connectivity index (χ0v) is 25.2. The predicted molar refractivity (Wildman–Crippen MR) is 170 cm³/mol. The van der Waals surface area contributed by atoms with Gasteiger partial charge in [0.1, 0.15) is 19.1 Å². The average molecular weight is 637 g/mol. The number of nitrogens with one attached hydrogen (secondary N) is 1. The number of hydrogen-bond donors (Lipinski definition) is 1. The van der Waals surface area contributed by atoms with Gasteiger partial charge in [0.2, 0.25) is 17.7 Å². The van der Waals surface area contributed by atoms with Gasteiger partial charge in [0.15, 0.2) is 5.15 Å². The molecule has 18 heteroatoms. The van der Waals surface area contributed by atoms with Gasteiger partial charge in [0.05, 0.1) is 52.3 Å². The first-order chi connectivity index (χ1) is 21.4. The van der Waals surface area contributed by atoms with Gasteiger partial charge in [-0.1, -0.05) is 28.4 Å². The third-order valence-corrected chi connectivity index (χ3v) is 7.58. The fourth-order valence-corrected chi connectivity index (χ4v) is 5.38. The van der Waals surface area contributed by atoms with Crippen LogP contribution in [0.5, 0.6) is 0 Å². The number of carbonyl (C=O) groups is 3. The number of benzene rings is 2. The van der Waals surface area contributed by atoms with Crippen molar-refractivity contribution in [1.29, 1.82) is 0 Å². The van der Waals surface area contributed by atoms with E-state index < -0.39 is 35.5 Å². The zero-order valence-electron chi connectivity index (χ0n) is 23.7. The van der Waals surface area contributed by atoms with Crippen molar-refractivity contribution in [1.82, 2.24) is 39.5 Å². The summed E-state index contributed by atoms with van der Waals surface area (Å²) in [5.74, 6) is -1.50. The highest BCUT2D eigenvalue weighted by Gasteiger charge is 2.39. The van der Waals surface area contributed by atoms with Crippen molar-refractivity contribution >= 4 is 86.7 Å². The van der Waals surface area contributed by atoms with E-state index in [4.69, 9.17) is 46.7 Å². The van der Waals surface area contributed by atoms with Gasteiger partial charge in [-0.2, -0.15) is 10.2 Å². The molecule has 0 saturated carbocycles. The molecule has 0 aliphatic carbocycles. The molecular formula is C27H21B3Cl2N10O3. The minimum Gasteiger partial charge on any atom is -0.324 e. The van der Waals surface area contributed by atoms with Gasteiger partial charge in [0, 0.05) is 42.0 Å². The molecule has 1 aliphatic rings. The highest BCUT2D eigenvalue weighted by atomic mass is 35.5. The van der Waals surface area contributed by atoms with Gasteiger partial charge in [-0.3, -0.25) is 28.6 Å². The lowest BCUT2D eigenvalue weighted by molar-refractivity contribution is -0.143. The SMILES string of the molecule is [B]C([B])([B])n1ccc(CC(C(=O)Nc2ccc3nn(C)cc3c2)N2CC(=O)N(c3cc(Cl)ccc3-n3cc(Cl)nn3)CC2=O)n1. The fourth-order valence-electron chi connectivity index (χ4n) is 5.09. The van der Waals surface area contributed by atoms with Gasteiger partial charge in [-0.05, 0) is 47.7 Å². The van der Waals surface area contributed by atoms with Crippen molar-refractivity contribution in [3.8, 4) is 5.69 Å². The Morgan fingerprint density at radius 1 is 1.00 bits per heavy atom. The summed E-state index contributed by atoms with van der Waals surface area (Å²) in [6, 6.07) is 10.4. The van der Waals surface area contributed by atoms with Gasteiger partial charge < -0.3 is 10.2 Å². The Kier molecular flexibility index (Phi) is 7.95. The van der Waals surface area contributed by atoms with Crippen LogP contribution >= 0.6 is 23.2 Å². The van der Waals surface area contributed by atoms with Crippen LogP contribution in [0.1, 0.15) is 5.69 Å². The first kappa shape index (κ1) is 30.5. The van der Waals surface area contributed by atoms with Gasteiger partial charge in [0.25, 0.3) is 0 Å². The molecule has 0 spiro atoms. The number of carbonyl (C=O) groups excluding carboxylic acids is 3. The molecule has 3 amide bonds. The largest absolute Gasteiger partial charge is 0.324 e. The van der Waals surface area contributed by atoms with E-state index in [1.807, 2.05) is 6.20 Å². The number of fused-ring (bicyclic) bond motifs is 1. The number of aryl methyl sites for hydroxylation is 1. The molecule has 45 heavy (non-hydrogen) atoms. The number of aromatic nitrogens is 7. The highest BCUT2D eigenvalue weighted by molar-refractivity contribution is 6.56. The first-order valence-corrected chi connectivity index (χ1v) is 14.2. The second-order valence-electron chi connectivity index (χ2n) is 10.5. The minimum atomic E-state index is -1.78. The molecule has 6 rings (SSSR count). The van der Waals surface area contributed by atoms with E-state index in [9.17, 15) is 14.4 Å². The van der Waals surface area contributed by atoms with Gasteiger partial charge in [-0.25, -0.2) is 4.68 Å². The molecular weight excluding hydrogens is 616 g/mol. The Bertz CT molecular complexity index is 1950. The zero-order chi connectivity index (χ0) is 32.0. The second kappa shape index (κ2) is 11.7. The van der Waals surface area contributed by atoms with Crippen LogP contribution in [0.2, 0.25) is 10.2 Å². The maximum atomic E-state index is 13.8. The molecule has 6 radical (unpaired) electrons. The van der Waals surface area contributed by atoms with Crippen LogP contribution in [-0.4, -0.2) is 99.8 Å². The summed E-state index contributed by atoms with van der Waals surface area (Å²) in [4.78, 5) is 43.8. The molecule has 1 saturated heterocycles. The fraction of sp³-hybridized carbons (Fsp3) is 0.222. The number of amides is 3. The Morgan fingerprint density at radius 3 is 2.51 bits per heavy atom. The molecule has 1 aliphatic heterocycles. The Hall–Kier alpha value is -4.56. The first-order valence-electron chi connectivity index (χ1n) is 13.5. The molecule has 4 heterocycles. The highest BCUT2D eigenvalue weighted by Crippen LogP contribution is 2.30. The van der Waals surface area contributed by atoms with Crippen molar-refractivity contribution in [3.63, 3.8) is 0 Å². The summed E-state index contributed by atoms with van der Waals surface area (Å²) in [6.45, 7) is -0.802. The molecule has 5 aromatic rings. The van der Waals surface area contributed by atoms with E-state index in [1.165, 1.54) is 32.9 Å². The van der Waals surface area contributed by atoms with Gasteiger partial charge >= 0.3 is 0 Å². The molecule has 3 aromatic heterocycles. The summed E-state index contributed by atoms with van der Waals surface area (Å²) in [5, 5.41) is 18.8. The van der Waals surface area contributed by atoms with Crippen molar-refractivity contribution in [2.75, 3.05) is 23.3 Å². The van der Waals surface area contributed by atoms with Crippen LogP contribution in [0.15, 0.2) is 61.1 Å². The number of hydrogen-bond acceptors (Lipinski definition) is 7. The second-order valence-corrected chi connectivity index (χ2v) is 11.4. The lowest BCUT2D eigenvalue weighted by atomic mass is 9.49. The van der Waals surface area contributed by atoms with Crippen molar-refractivity contribution in [2.24, 2.45) is 7.05 Å². The Balaban J connectivity index is 1.30. The Morgan fingerprint density at radius 2 is 1.80 bits per heavy atom. The third-order valence-electron chi connectivity index (χ3n) is 7.17. The van der Waals surface area contributed by atoms with E-state index in [0.717, 1.165) is 15.6 Å². The number of nitrogens with zero attached hydrogens (tertiary/aromatic N) is 9. The summed E-state index contributed by atoms with van der Waals surface area (Å²) in [7, 11) is 19.1. The summed E-state index contributed by atoms with van der Waals surface area (Å²) in [6.07, 6.45) is 4.66. The topological polar surface area (TPSA) is 136 Å². The van der Waals surface area contributed by atoms with Crippen LogP contribution in [0.3, 0.4) is 0 Å². The Labute approximate surface area is 270 Å². The van der Waals surface area contributed by atoms with Gasteiger partial charge in [-0.15, -0.1) is 5.10 Å². The molecule has 13 nitrogen and oxygen atoms in total. The molecule has 1 fully saturated rings. The molecule has 1 atom stereocenters. The van der Waals surface area contributed by atoms with Crippen LogP contribution in [0.25, 0.3) is 16.6 Å². The summed E-state index contributed by atoms with van der Waals surface area (Å²) >= 11 is 12.2. The van der Waals surface area contributed by atoms with Crippen molar-refractivity contribution in [2.45, 2.75) is 17.7 Å². The van der Waals surface area contributed by atoms with Crippen LogP contribution in [-0.2, 0) is 33.1 Å². The number of anilines is 2. The minimum absolute atomic E-state index is 0.0665. The van der Waals surface area contributed by atoms with Crippen LogP contribution in [0, 0.1) is 0 Å². The summed E-state index contributed by atoms with van der Waals surface area (Å²) in [5.41, 5.74) is 2.33. The van der Waals surface area contributed by atoms with E-state index in [-0.39, 0.29) is 18.1 Å². The van der Waals surface area contributed by atoms with E-state index >= 15 is 0 Å². The van der Waals surface area contributed by atoms with E-state index in [2.05, 4.69) is 25.8 Å². The van der Waals surface area contributed by atoms with E-state index in [0.29, 0.717) is 27.8 Å². The summed E-state index contributed by atoms with van der Waals surface area (Å²) < 4.78 is 4.17. The molecule has 0 bridgehead atoms. The monoisotopic (exact) mass is 636 g/mol. The third kappa shape index (κ3) is 6.33. The lowest BCUT2D eigenvalue weighted by Crippen LogP contribution is -2.60. The maximum absolute atomic E-state index is 13.8. The molecule has 2 aromatic carbocycles. The molecule has 1 N–H and O–H groups in total. The number of piperazine rings is 1. The predicted octanol–water partition coefficient (Wildman–Crippen LogP) is 1.16. The molecule has 220 valence electrons. The van der Waals surface area contributed by atoms with Crippen LogP contribution < -0.4 is 10.2 Å². The molecule has 1 unspecified atom stereocenters. The van der Waals surface area contributed by atoms with Crippen molar-refractivity contribution in [3.05, 3.63) is 76.9 Å². The van der Waals surface area contributed by atoms with Crippen LogP contribution in [0.4, 0.5) is 11.4 Å². The lowest BCUT2D eigenvalue weighted by Gasteiger charge is -2.38. The average Bonchev–Trinajstić information content (AvgIpc) is 3.72. The smallest absolute Gasteiger partial charge is 0.247 e. The maximum Gasteiger partial charge on any atom is 0.247 e. The van der Waals surface area contributed by atoms with E-state index in [1.54, 1.807) is 48.1 Å². The van der Waals surface area contributed by atoms with Crippen molar-refractivity contribution < 1.29 is 14.4 Å². The number of halogens is 2. The normalized spacial score (nSPS) is 14.7. The quantitative estimate of drug-likeness (QED) is 0.253.